The standard InChI is InChI=1S/C41H56N6O12/c1-22(42)35(52)43-20-31(49)46-34(23(2)48)38(55)45-30(19-33(51)59-41(6,7)8)37(54)44-29(17-18-32(50)58-40(3,4)5)36(53)47-39(56)57-21-28-26-15-11-9-13-24(26)25-14-10-12-16-27(25)28/h9-16,22-23,28-30,34,48H,17-21,42H2,1-8H3,(H,43,52)(H,44,54)(H,45,55)(H,46,49)(H,47,53,56)/t22-,23+,29+,30-,34-/m0/s1. The zero-order valence-electron chi connectivity index (χ0n) is 34.6. The van der Waals surface area contributed by atoms with E-state index in [-0.39, 0.29) is 12.5 Å². The quantitative estimate of drug-likeness (QED) is 0.0875. The van der Waals surface area contributed by atoms with E-state index < -0.39 is 115 Å². The second-order valence-corrected chi connectivity index (χ2v) is 16.1. The van der Waals surface area contributed by atoms with Gasteiger partial charge in [-0.1, -0.05) is 48.5 Å². The lowest BCUT2D eigenvalue weighted by atomic mass is 9.98. The van der Waals surface area contributed by atoms with Crippen LogP contribution in [0.25, 0.3) is 11.1 Å². The van der Waals surface area contributed by atoms with Crippen LogP contribution in [-0.2, 0) is 47.8 Å². The van der Waals surface area contributed by atoms with Gasteiger partial charge in [0.05, 0.1) is 25.1 Å². The number of amides is 6. The van der Waals surface area contributed by atoms with E-state index in [0.717, 1.165) is 22.3 Å². The Morgan fingerprint density at radius 1 is 0.712 bits per heavy atom. The Labute approximate surface area is 343 Å². The number of ether oxygens (including phenoxy) is 3. The van der Waals surface area contributed by atoms with Crippen LogP contribution in [0.5, 0.6) is 0 Å². The summed E-state index contributed by atoms with van der Waals surface area (Å²) in [5.41, 5.74) is 7.42. The minimum Gasteiger partial charge on any atom is -0.460 e. The fourth-order valence-corrected chi connectivity index (χ4v) is 6.00. The monoisotopic (exact) mass is 824 g/mol. The Bertz CT molecular complexity index is 1840. The van der Waals surface area contributed by atoms with Crippen molar-refractivity contribution in [1.29, 1.82) is 0 Å². The largest absolute Gasteiger partial charge is 0.460 e. The first-order valence-corrected chi connectivity index (χ1v) is 19.2. The number of carbonyl (C=O) groups is 8. The first-order chi connectivity index (χ1) is 27.5. The van der Waals surface area contributed by atoms with Crippen molar-refractivity contribution in [1.82, 2.24) is 26.6 Å². The van der Waals surface area contributed by atoms with E-state index in [0.29, 0.717) is 0 Å². The van der Waals surface area contributed by atoms with Crippen LogP contribution < -0.4 is 32.3 Å². The first-order valence-electron chi connectivity index (χ1n) is 19.2. The molecule has 1 aliphatic rings. The highest BCUT2D eigenvalue weighted by Crippen LogP contribution is 2.44. The second kappa shape index (κ2) is 20.7. The maximum Gasteiger partial charge on any atom is 0.413 e. The highest BCUT2D eigenvalue weighted by Gasteiger charge is 2.35. The number of hydrogen-bond donors (Lipinski definition) is 7. The van der Waals surface area contributed by atoms with Crippen LogP contribution in [-0.4, -0.2) is 107 Å². The average molecular weight is 825 g/mol. The fourth-order valence-electron chi connectivity index (χ4n) is 6.00. The predicted molar refractivity (Wildman–Crippen MR) is 213 cm³/mol. The maximum absolute atomic E-state index is 13.9. The van der Waals surface area contributed by atoms with Crippen molar-refractivity contribution < 1.29 is 57.7 Å². The molecule has 0 bridgehead atoms. The minimum absolute atomic E-state index is 0.133. The van der Waals surface area contributed by atoms with E-state index in [1.54, 1.807) is 41.5 Å². The summed E-state index contributed by atoms with van der Waals surface area (Å²) < 4.78 is 16.2. The summed E-state index contributed by atoms with van der Waals surface area (Å²) in [6, 6.07) is 9.27. The predicted octanol–water partition coefficient (Wildman–Crippen LogP) is 1.20. The summed E-state index contributed by atoms with van der Waals surface area (Å²) in [5, 5.41) is 21.7. The Balaban J connectivity index is 1.82. The van der Waals surface area contributed by atoms with Gasteiger partial charge in [0.25, 0.3) is 5.91 Å². The van der Waals surface area contributed by atoms with Crippen molar-refractivity contribution in [2.75, 3.05) is 13.2 Å². The molecular formula is C41H56N6O12. The van der Waals surface area contributed by atoms with Gasteiger partial charge in [0.2, 0.25) is 23.6 Å². The lowest BCUT2D eigenvalue weighted by Crippen LogP contribution is -2.60. The molecule has 3 rings (SSSR count). The molecule has 0 unspecified atom stereocenters. The number of esters is 2. The minimum atomic E-state index is -1.78. The van der Waals surface area contributed by atoms with Crippen LogP contribution in [0.4, 0.5) is 4.79 Å². The van der Waals surface area contributed by atoms with Crippen LogP contribution in [0, 0.1) is 0 Å². The molecule has 59 heavy (non-hydrogen) atoms. The molecule has 0 fully saturated rings. The van der Waals surface area contributed by atoms with Gasteiger partial charge in [0.15, 0.2) is 0 Å². The zero-order chi connectivity index (χ0) is 44.2. The number of imide groups is 1. The average Bonchev–Trinajstić information content (AvgIpc) is 3.44. The smallest absolute Gasteiger partial charge is 0.413 e. The van der Waals surface area contributed by atoms with Gasteiger partial charge in [-0.3, -0.25) is 38.9 Å². The van der Waals surface area contributed by atoms with Gasteiger partial charge in [-0.2, -0.15) is 0 Å². The second-order valence-electron chi connectivity index (χ2n) is 16.1. The summed E-state index contributed by atoms with van der Waals surface area (Å²) in [4.78, 5) is 104. The molecule has 0 radical (unpaired) electrons. The molecule has 5 atom stereocenters. The van der Waals surface area contributed by atoms with Crippen molar-refractivity contribution >= 4 is 47.6 Å². The molecule has 6 amide bonds. The van der Waals surface area contributed by atoms with Crippen molar-refractivity contribution in [3.63, 3.8) is 0 Å². The molecule has 2 aromatic rings. The number of aliphatic hydroxyl groups is 1. The molecule has 18 heteroatoms. The van der Waals surface area contributed by atoms with Crippen molar-refractivity contribution in [3.8, 4) is 11.1 Å². The number of rotatable bonds is 17. The van der Waals surface area contributed by atoms with Gasteiger partial charge in [-0.25, -0.2) is 4.79 Å². The maximum atomic E-state index is 13.9. The summed E-state index contributed by atoms with van der Waals surface area (Å²) in [6.45, 7) is 11.5. The number of fused-ring (bicyclic) bond motifs is 3. The highest BCUT2D eigenvalue weighted by atomic mass is 16.6. The molecule has 8 N–H and O–H groups in total. The number of nitrogens with two attached hydrogens (primary N) is 1. The van der Waals surface area contributed by atoms with Gasteiger partial charge in [-0.05, 0) is 84.1 Å². The number of hydrogen-bond acceptors (Lipinski definition) is 13. The van der Waals surface area contributed by atoms with Crippen LogP contribution in [0.15, 0.2) is 48.5 Å². The molecule has 0 spiro atoms. The van der Waals surface area contributed by atoms with Crippen molar-refractivity contribution in [2.45, 2.75) is 122 Å². The topological polar surface area (TPSA) is 271 Å². The van der Waals surface area contributed by atoms with E-state index >= 15 is 0 Å². The Kier molecular flexibility index (Phi) is 16.7. The lowest BCUT2D eigenvalue weighted by Gasteiger charge is -2.27. The third-order valence-corrected chi connectivity index (χ3v) is 8.60. The van der Waals surface area contributed by atoms with Gasteiger partial charge >= 0.3 is 18.0 Å². The molecule has 0 saturated carbocycles. The highest BCUT2D eigenvalue weighted by molar-refractivity contribution is 5.99. The number of carbonyl (C=O) groups excluding carboxylic acids is 8. The number of alkyl carbamates (subject to hydrolysis) is 1. The van der Waals surface area contributed by atoms with Gasteiger partial charge in [-0.15, -0.1) is 0 Å². The molecule has 0 heterocycles. The van der Waals surface area contributed by atoms with E-state index in [1.807, 2.05) is 48.5 Å². The van der Waals surface area contributed by atoms with Crippen molar-refractivity contribution in [3.05, 3.63) is 59.7 Å². The summed E-state index contributed by atoms with van der Waals surface area (Å²) in [6.07, 6.45) is -4.26. The van der Waals surface area contributed by atoms with E-state index in [4.69, 9.17) is 19.9 Å². The van der Waals surface area contributed by atoms with E-state index in [9.17, 15) is 43.5 Å². The Hall–Kier alpha value is -5.88. The molecule has 322 valence electrons. The summed E-state index contributed by atoms with van der Waals surface area (Å²) in [7, 11) is 0. The third-order valence-electron chi connectivity index (χ3n) is 8.60. The van der Waals surface area contributed by atoms with Gasteiger partial charge in [0.1, 0.15) is 35.9 Å². The molecule has 0 aromatic heterocycles. The number of aliphatic hydroxyl groups excluding tert-OH is 1. The van der Waals surface area contributed by atoms with E-state index in [2.05, 4.69) is 26.6 Å². The van der Waals surface area contributed by atoms with Crippen LogP contribution in [0.3, 0.4) is 0 Å². The van der Waals surface area contributed by atoms with Gasteiger partial charge in [0, 0.05) is 12.3 Å². The van der Waals surface area contributed by atoms with E-state index in [1.165, 1.54) is 13.8 Å². The fraction of sp³-hybridized carbons (Fsp3) is 0.512. The molecule has 1 aliphatic carbocycles. The molecule has 2 aromatic carbocycles. The SMILES string of the molecule is C[C@H](N)C(=O)NCC(=O)N[C@H](C(=O)N[C@@H](CC(=O)OC(C)(C)C)C(=O)N[C@H](CCC(=O)OC(C)(C)C)C(=O)NC(=O)OCC1c2ccccc2-c2ccccc21)[C@@H](C)O. The van der Waals surface area contributed by atoms with Crippen LogP contribution >= 0.6 is 0 Å². The lowest BCUT2D eigenvalue weighted by molar-refractivity contribution is -0.157. The molecule has 0 saturated heterocycles. The molecular weight excluding hydrogens is 768 g/mol. The third kappa shape index (κ3) is 15.1. The van der Waals surface area contributed by atoms with Crippen LogP contribution in [0.2, 0.25) is 0 Å². The Morgan fingerprint density at radius 2 is 1.24 bits per heavy atom. The summed E-state index contributed by atoms with van der Waals surface area (Å²) in [5.74, 6) is -6.86. The van der Waals surface area contributed by atoms with Gasteiger partial charge < -0.3 is 46.3 Å². The summed E-state index contributed by atoms with van der Waals surface area (Å²) >= 11 is 0. The molecule has 0 aliphatic heterocycles. The number of benzene rings is 2. The van der Waals surface area contributed by atoms with Crippen LogP contribution in [0.1, 0.15) is 91.7 Å². The van der Waals surface area contributed by atoms with Crippen molar-refractivity contribution in [2.24, 2.45) is 5.73 Å². The normalized spacial score (nSPS) is 14.7. The number of nitrogens with one attached hydrogen (secondary N) is 5. The zero-order valence-corrected chi connectivity index (χ0v) is 34.6. The molecule has 18 nitrogen and oxygen atoms in total. The Morgan fingerprint density at radius 3 is 1.76 bits per heavy atom. The first kappa shape index (κ1) is 47.5.